The smallest absolute Gasteiger partial charge is 0.0592 e. The number of hydrogen-bond donors (Lipinski definition) is 0. The Morgan fingerprint density at radius 2 is 1.88 bits per heavy atom. The summed E-state index contributed by atoms with van der Waals surface area (Å²) in [5, 5.41) is 0. The van der Waals surface area contributed by atoms with Crippen LogP contribution in [0, 0.1) is 0 Å². The average molecular weight is 218 g/mol. The molecular weight excluding hydrogens is 196 g/mol. The molecule has 1 aromatic rings. The Morgan fingerprint density at radius 3 is 2.44 bits per heavy atom. The summed E-state index contributed by atoms with van der Waals surface area (Å²) in [5.41, 5.74) is 4.13. The molecule has 0 amide bonds. The largest absolute Gasteiger partial charge is 0.288 e. The summed E-state index contributed by atoms with van der Waals surface area (Å²) >= 11 is 0. The van der Waals surface area contributed by atoms with Gasteiger partial charge in [-0.05, 0) is 38.3 Å². The van der Waals surface area contributed by atoms with Gasteiger partial charge in [0.1, 0.15) is 0 Å². The minimum Gasteiger partial charge on any atom is -0.288 e. The molecule has 2 heterocycles. The lowest BCUT2D eigenvalue weighted by Crippen LogP contribution is -2.36. The van der Waals surface area contributed by atoms with E-state index >= 15 is 0 Å². The Kier molecular flexibility index (Phi) is 2.79. The fourth-order valence-electron chi connectivity index (χ4n) is 2.07. The van der Waals surface area contributed by atoms with Gasteiger partial charge in [-0.3, -0.25) is 9.88 Å². The molecule has 2 heteroatoms. The molecule has 1 aliphatic heterocycles. The van der Waals surface area contributed by atoms with Crippen LogP contribution in [-0.2, 0) is 13.1 Å². The second-order valence-corrected chi connectivity index (χ2v) is 6.02. The van der Waals surface area contributed by atoms with Crippen molar-refractivity contribution in [2.75, 3.05) is 0 Å². The van der Waals surface area contributed by atoms with E-state index in [2.05, 4.69) is 51.7 Å². The maximum Gasteiger partial charge on any atom is 0.0592 e. The number of pyridine rings is 1. The number of nitrogens with zero attached hydrogens (tertiary/aromatic N) is 2. The minimum absolute atomic E-state index is 0.235. The average Bonchev–Trinajstić information content (AvgIpc) is 2.58. The van der Waals surface area contributed by atoms with Crippen molar-refractivity contribution in [2.45, 2.75) is 59.2 Å². The van der Waals surface area contributed by atoms with Crippen LogP contribution in [0.3, 0.4) is 0 Å². The van der Waals surface area contributed by atoms with Crippen molar-refractivity contribution < 1.29 is 0 Å². The Morgan fingerprint density at radius 1 is 1.19 bits per heavy atom. The van der Waals surface area contributed by atoms with Crippen LogP contribution in [0.4, 0.5) is 0 Å². The van der Waals surface area contributed by atoms with Gasteiger partial charge in [-0.2, -0.15) is 0 Å². The highest BCUT2D eigenvalue weighted by Gasteiger charge is 2.28. The van der Waals surface area contributed by atoms with Gasteiger partial charge in [-0.25, -0.2) is 0 Å². The molecular formula is C14H22N2. The molecule has 2 rings (SSSR count). The molecule has 0 spiro atoms. The normalized spacial score (nSPS) is 16.9. The molecule has 0 saturated heterocycles. The molecule has 16 heavy (non-hydrogen) atoms. The van der Waals surface area contributed by atoms with Gasteiger partial charge in [0.15, 0.2) is 0 Å². The van der Waals surface area contributed by atoms with E-state index in [4.69, 9.17) is 4.98 Å². The third-order valence-corrected chi connectivity index (χ3v) is 3.33. The first-order valence-electron chi connectivity index (χ1n) is 6.11. The lowest BCUT2D eigenvalue weighted by atomic mass is 10.1. The van der Waals surface area contributed by atoms with Crippen LogP contribution >= 0.6 is 0 Å². The zero-order valence-electron chi connectivity index (χ0n) is 11.0. The molecule has 0 fully saturated rings. The number of hydrogen-bond acceptors (Lipinski definition) is 2. The second-order valence-electron chi connectivity index (χ2n) is 6.02. The van der Waals surface area contributed by atoms with Crippen molar-refractivity contribution in [3.63, 3.8) is 0 Å². The highest BCUT2D eigenvalue weighted by molar-refractivity contribution is 5.28. The minimum atomic E-state index is 0.235. The summed E-state index contributed by atoms with van der Waals surface area (Å²) in [5.74, 6) is 0.522. The van der Waals surface area contributed by atoms with Gasteiger partial charge < -0.3 is 0 Å². The Labute approximate surface area is 98.7 Å². The standard InChI is InChI=1S/C14H22N2/c1-10(2)12-7-6-11-8-16(14(3,4)5)9-13(11)15-12/h6-7,10H,8-9H2,1-5H3. The van der Waals surface area contributed by atoms with E-state index < -0.39 is 0 Å². The van der Waals surface area contributed by atoms with E-state index in [1.807, 2.05) is 0 Å². The van der Waals surface area contributed by atoms with Gasteiger partial charge >= 0.3 is 0 Å². The number of rotatable bonds is 1. The van der Waals surface area contributed by atoms with E-state index in [-0.39, 0.29) is 5.54 Å². The summed E-state index contributed by atoms with van der Waals surface area (Å²) in [6.45, 7) is 13.2. The summed E-state index contributed by atoms with van der Waals surface area (Å²) in [6.07, 6.45) is 0. The lowest BCUT2D eigenvalue weighted by molar-refractivity contribution is 0.135. The van der Waals surface area contributed by atoms with Crippen molar-refractivity contribution in [2.24, 2.45) is 0 Å². The Hall–Kier alpha value is -0.890. The van der Waals surface area contributed by atoms with Gasteiger partial charge in [0, 0.05) is 24.3 Å². The van der Waals surface area contributed by atoms with Crippen molar-refractivity contribution in [1.82, 2.24) is 9.88 Å². The quantitative estimate of drug-likeness (QED) is 0.719. The molecule has 0 atom stereocenters. The summed E-state index contributed by atoms with van der Waals surface area (Å²) in [4.78, 5) is 7.26. The van der Waals surface area contributed by atoms with Crippen LogP contribution in [0.1, 0.15) is 57.5 Å². The first-order chi connectivity index (χ1) is 7.38. The molecule has 0 aromatic carbocycles. The van der Waals surface area contributed by atoms with Gasteiger partial charge in [0.2, 0.25) is 0 Å². The second kappa shape index (κ2) is 3.85. The zero-order chi connectivity index (χ0) is 11.9. The number of fused-ring (bicyclic) bond motifs is 1. The van der Waals surface area contributed by atoms with Gasteiger partial charge in [-0.15, -0.1) is 0 Å². The highest BCUT2D eigenvalue weighted by atomic mass is 15.2. The van der Waals surface area contributed by atoms with E-state index in [1.165, 1.54) is 17.0 Å². The maximum absolute atomic E-state index is 4.77. The molecule has 1 aliphatic rings. The fraction of sp³-hybridized carbons (Fsp3) is 0.643. The first kappa shape index (κ1) is 11.6. The van der Waals surface area contributed by atoms with Gasteiger partial charge in [0.05, 0.1) is 5.69 Å². The lowest BCUT2D eigenvalue weighted by Gasteiger charge is -2.30. The molecule has 0 aliphatic carbocycles. The van der Waals surface area contributed by atoms with Crippen molar-refractivity contribution in [3.05, 3.63) is 29.1 Å². The molecule has 0 unspecified atom stereocenters. The van der Waals surface area contributed by atoms with E-state index in [1.54, 1.807) is 0 Å². The Balaban J connectivity index is 2.25. The molecule has 2 nitrogen and oxygen atoms in total. The van der Waals surface area contributed by atoms with Crippen LogP contribution in [0.2, 0.25) is 0 Å². The van der Waals surface area contributed by atoms with Crippen molar-refractivity contribution in [1.29, 1.82) is 0 Å². The predicted molar refractivity (Wildman–Crippen MR) is 67.3 cm³/mol. The van der Waals surface area contributed by atoms with Crippen molar-refractivity contribution in [3.8, 4) is 0 Å². The fourth-order valence-corrected chi connectivity index (χ4v) is 2.07. The molecule has 0 saturated carbocycles. The van der Waals surface area contributed by atoms with Gasteiger partial charge in [0.25, 0.3) is 0 Å². The highest BCUT2D eigenvalue weighted by Crippen LogP contribution is 2.28. The van der Waals surface area contributed by atoms with Crippen molar-refractivity contribution >= 4 is 0 Å². The van der Waals surface area contributed by atoms with Gasteiger partial charge in [-0.1, -0.05) is 19.9 Å². The van der Waals surface area contributed by atoms with Crippen LogP contribution in [-0.4, -0.2) is 15.4 Å². The van der Waals surface area contributed by atoms with Crippen LogP contribution in [0.15, 0.2) is 12.1 Å². The third-order valence-electron chi connectivity index (χ3n) is 3.33. The Bertz CT molecular complexity index is 388. The van der Waals surface area contributed by atoms with E-state index in [0.717, 1.165) is 13.1 Å². The SMILES string of the molecule is CC(C)c1ccc2c(n1)CN(C(C)(C)C)C2. The number of aromatic nitrogens is 1. The topological polar surface area (TPSA) is 16.1 Å². The van der Waals surface area contributed by atoms with E-state index in [9.17, 15) is 0 Å². The monoisotopic (exact) mass is 218 g/mol. The maximum atomic E-state index is 4.77. The van der Waals surface area contributed by atoms with Crippen LogP contribution in [0.25, 0.3) is 0 Å². The molecule has 0 N–H and O–H groups in total. The molecule has 0 bridgehead atoms. The first-order valence-corrected chi connectivity index (χ1v) is 6.11. The zero-order valence-corrected chi connectivity index (χ0v) is 11.0. The summed E-state index contributed by atoms with van der Waals surface area (Å²) < 4.78 is 0. The predicted octanol–water partition coefficient (Wildman–Crippen LogP) is 3.32. The summed E-state index contributed by atoms with van der Waals surface area (Å²) in [7, 11) is 0. The van der Waals surface area contributed by atoms with E-state index in [0.29, 0.717) is 5.92 Å². The van der Waals surface area contributed by atoms with Crippen LogP contribution in [0.5, 0.6) is 0 Å². The summed E-state index contributed by atoms with van der Waals surface area (Å²) in [6, 6.07) is 4.43. The molecule has 88 valence electrons. The molecule has 0 radical (unpaired) electrons. The van der Waals surface area contributed by atoms with Crippen LogP contribution < -0.4 is 0 Å². The third kappa shape index (κ3) is 2.12. The molecule has 1 aromatic heterocycles.